The van der Waals surface area contributed by atoms with Crippen LogP contribution >= 0.6 is 11.8 Å². The Hall–Kier alpha value is -0.931. The molecule has 0 spiro atoms. The van der Waals surface area contributed by atoms with Gasteiger partial charge in [-0.25, -0.2) is 0 Å². The van der Waals surface area contributed by atoms with Gasteiger partial charge < -0.3 is 0 Å². The topological polar surface area (TPSA) is 0 Å². The van der Waals surface area contributed by atoms with E-state index < -0.39 is 18.4 Å². The summed E-state index contributed by atoms with van der Waals surface area (Å²) in [6.45, 7) is 7.11. The van der Waals surface area contributed by atoms with Crippen LogP contribution < -0.4 is 3.58 Å². The molecule has 0 saturated carbocycles. The van der Waals surface area contributed by atoms with Crippen LogP contribution in [-0.4, -0.2) is 18.4 Å². The first-order valence-electron chi connectivity index (χ1n) is 12.0. The molecular formula is C28H38SSn. The summed E-state index contributed by atoms with van der Waals surface area (Å²) in [5, 5.41) is 2.83. The molecule has 0 amide bonds. The van der Waals surface area contributed by atoms with Gasteiger partial charge in [-0.15, -0.1) is 0 Å². The third-order valence-electron chi connectivity index (χ3n) is 6.42. The first-order chi connectivity index (χ1) is 14.7. The van der Waals surface area contributed by atoms with Crippen LogP contribution in [0.15, 0.2) is 76.5 Å². The Morgan fingerprint density at radius 3 is 1.67 bits per heavy atom. The molecule has 0 aliphatic rings. The molecule has 0 aliphatic carbocycles. The van der Waals surface area contributed by atoms with Crippen molar-refractivity contribution in [1.82, 2.24) is 0 Å². The zero-order valence-corrected chi connectivity index (χ0v) is 22.8. The van der Waals surface area contributed by atoms with Crippen molar-refractivity contribution in [3.05, 3.63) is 66.7 Å². The van der Waals surface area contributed by atoms with Crippen molar-refractivity contribution in [3.63, 3.8) is 0 Å². The van der Waals surface area contributed by atoms with Gasteiger partial charge in [-0.05, 0) is 0 Å². The molecule has 0 saturated heterocycles. The minimum atomic E-state index is -2.53. The summed E-state index contributed by atoms with van der Waals surface area (Å²) in [5.41, 5.74) is 0. The Labute approximate surface area is 192 Å². The van der Waals surface area contributed by atoms with Gasteiger partial charge >= 0.3 is 194 Å². The quantitative estimate of drug-likeness (QED) is 0.213. The van der Waals surface area contributed by atoms with E-state index in [1.165, 1.54) is 67.5 Å². The van der Waals surface area contributed by atoms with Crippen LogP contribution in [0.2, 0.25) is 13.3 Å². The Bertz CT molecular complexity index is 881. The van der Waals surface area contributed by atoms with Gasteiger partial charge in [0, 0.05) is 0 Å². The Morgan fingerprint density at radius 1 is 0.633 bits per heavy atom. The third-order valence-corrected chi connectivity index (χ3v) is 23.7. The first-order valence-corrected chi connectivity index (χ1v) is 20.3. The van der Waals surface area contributed by atoms with E-state index in [-0.39, 0.29) is 0 Å². The van der Waals surface area contributed by atoms with Crippen molar-refractivity contribution in [2.45, 2.75) is 82.4 Å². The monoisotopic (exact) mass is 526 g/mol. The maximum absolute atomic E-state index is 2.64. The number of hydrogen-bond acceptors (Lipinski definition) is 1. The van der Waals surface area contributed by atoms with Crippen molar-refractivity contribution in [3.8, 4) is 0 Å². The number of hydrogen-bond donors (Lipinski definition) is 0. The SMILES string of the molecule is CCC[CH2][Sn]([CH2]CCC)([CH2]CCC)[c]1cc2ccccc2cc1Sc1ccccc1. The Kier molecular flexibility index (Phi) is 9.64. The predicted octanol–water partition coefficient (Wildman–Crippen LogP) is 9.05. The molecule has 0 aliphatic heterocycles. The molecule has 160 valence electrons. The first kappa shape index (κ1) is 23.7. The van der Waals surface area contributed by atoms with Gasteiger partial charge in [-0.1, -0.05) is 0 Å². The minimum absolute atomic E-state index is 1.33. The zero-order valence-electron chi connectivity index (χ0n) is 19.1. The molecule has 0 fully saturated rings. The van der Waals surface area contributed by atoms with Gasteiger partial charge in [0.15, 0.2) is 0 Å². The molecule has 3 rings (SSSR count). The van der Waals surface area contributed by atoms with Gasteiger partial charge in [0.1, 0.15) is 0 Å². The van der Waals surface area contributed by atoms with Crippen molar-refractivity contribution >= 4 is 44.5 Å². The summed E-state index contributed by atoms with van der Waals surface area (Å²) in [6, 6.07) is 25.2. The van der Waals surface area contributed by atoms with E-state index in [9.17, 15) is 0 Å². The van der Waals surface area contributed by atoms with E-state index in [0.717, 1.165) is 0 Å². The molecule has 0 nitrogen and oxygen atoms in total. The molecule has 0 radical (unpaired) electrons. The average molecular weight is 525 g/mol. The number of benzene rings is 3. The summed E-state index contributed by atoms with van der Waals surface area (Å²) in [4.78, 5) is 2.93. The van der Waals surface area contributed by atoms with Crippen LogP contribution in [0, 0.1) is 0 Å². The molecular weight excluding hydrogens is 487 g/mol. The van der Waals surface area contributed by atoms with Gasteiger partial charge in [-0.2, -0.15) is 0 Å². The van der Waals surface area contributed by atoms with Crippen LogP contribution in [0.3, 0.4) is 0 Å². The normalized spacial score (nSPS) is 11.8. The van der Waals surface area contributed by atoms with Crippen LogP contribution in [0.5, 0.6) is 0 Å². The second-order valence-corrected chi connectivity index (χ2v) is 22.9. The van der Waals surface area contributed by atoms with Gasteiger partial charge in [0.05, 0.1) is 0 Å². The number of fused-ring (bicyclic) bond motifs is 1. The Balaban J connectivity index is 2.16. The van der Waals surface area contributed by atoms with E-state index in [2.05, 4.69) is 87.5 Å². The van der Waals surface area contributed by atoms with Crippen LogP contribution in [0.4, 0.5) is 0 Å². The molecule has 30 heavy (non-hydrogen) atoms. The molecule has 0 N–H and O–H groups in total. The zero-order chi connectivity index (χ0) is 21.2. The standard InChI is InChI=1S/C16H11S.3C4H9.Sn/c1-2-8-15(9-3-1)17-16-11-10-13-6-4-5-7-14(13)12-16;3*1-3-4-2;/h1-10,12H;3*1,3-4H2,2H3;. The average Bonchev–Trinajstić information content (AvgIpc) is 2.79. The molecule has 0 atom stereocenters. The van der Waals surface area contributed by atoms with Gasteiger partial charge in [-0.3, -0.25) is 0 Å². The molecule has 2 heteroatoms. The van der Waals surface area contributed by atoms with E-state index in [0.29, 0.717) is 0 Å². The van der Waals surface area contributed by atoms with Gasteiger partial charge in [0.2, 0.25) is 0 Å². The van der Waals surface area contributed by atoms with E-state index in [1.807, 2.05) is 15.3 Å². The molecule has 0 aromatic heterocycles. The van der Waals surface area contributed by atoms with Crippen molar-refractivity contribution in [2.75, 3.05) is 0 Å². The summed E-state index contributed by atoms with van der Waals surface area (Å²) in [5.74, 6) is 0. The fourth-order valence-electron chi connectivity index (χ4n) is 4.66. The summed E-state index contributed by atoms with van der Waals surface area (Å²) in [6.07, 6.45) is 8.20. The summed E-state index contributed by atoms with van der Waals surface area (Å²) < 4.78 is 6.37. The molecule has 0 heterocycles. The van der Waals surface area contributed by atoms with Crippen LogP contribution in [-0.2, 0) is 0 Å². The maximum atomic E-state index is 2.64. The summed E-state index contributed by atoms with van der Waals surface area (Å²) in [7, 11) is 0. The van der Waals surface area contributed by atoms with Crippen molar-refractivity contribution in [2.24, 2.45) is 0 Å². The fraction of sp³-hybridized carbons (Fsp3) is 0.429. The fourth-order valence-corrected chi connectivity index (χ4v) is 23.7. The second kappa shape index (κ2) is 12.2. The van der Waals surface area contributed by atoms with Gasteiger partial charge in [0.25, 0.3) is 0 Å². The molecule has 3 aromatic rings. The third kappa shape index (κ3) is 6.07. The Morgan fingerprint density at radius 2 is 1.13 bits per heavy atom. The van der Waals surface area contributed by atoms with E-state index >= 15 is 0 Å². The second-order valence-electron chi connectivity index (χ2n) is 8.70. The van der Waals surface area contributed by atoms with Crippen LogP contribution in [0.25, 0.3) is 10.8 Å². The van der Waals surface area contributed by atoms with Crippen molar-refractivity contribution in [1.29, 1.82) is 0 Å². The molecule has 0 bridgehead atoms. The molecule has 3 aromatic carbocycles. The van der Waals surface area contributed by atoms with Crippen molar-refractivity contribution < 1.29 is 0 Å². The molecule has 0 unspecified atom stereocenters. The summed E-state index contributed by atoms with van der Waals surface area (Å²) >= 11 is -0.518. The number of rotatable bonds is 12. The van der Waals surface area contributed by atoms with E-state index in [4.69, 9.17) is 0 Å². The van der Waals surface area contributed by atoms with Crippen LogP contribution in [0.1, 0.15) is 59.3 Å². The predicted molar refractivity (Wildman–Crippen MR) is 139 cm³/mol. The van der Waals surface area contributed by atoms with E-state index in [1.54, 1.807) is 4.90 Å². The number of unbranched alkanes of at least 4 members (excludes halogenated alkanes) is 3.